The number of nitrogens with one attached hydrogen (secondary N) is 1. The van der Waals surface area contributed by atoms with E-state index in [0.29, 0.717) is 12.3 Å². The Labute approximate surface area is 173 Å². The summed E-state index contributed by atoms with van der Waals surface area (Å²) in [5, 5.41) is 7.23. The fourth-order valence-corrected chi connectivity index (χ4v) is 3.01. The third-order valence-corrected chi connectivity index (χ3v) is 5.11. The van der Waals surface area contributed by atoms with Gasteiger partial charge in [-0.05, 0) is 65.5 Å². The van der Waals surface area contributed by atoms with Gasteiger partial charge in [0.1, 0.15) is 18.1 Å². The number of carbonyl (C=O) groups is 1. The van der Waals surface area contributed by atoms with Crippen molar-refractivity contribution in [2.45, 2.75) is 39.8 Å². The zero-order valence-electron chi connectivity index (χ0n) is 16.1. The lowest BCUT2D eigenvalue weighted by Gasteiger charge is -2.05. The van der Waals surface area contributed by atoms with Crippen LogP contribution in [0.25, 0.3) is 0 Å². The molecule has 6 nitrogen and oxygen atoms in total. The number of aryl methyl sites for hydroxylation is 3. The van der Waals surface area contributed by atoms with Gasteiger partial charge in [0.2, 0.25) is 0 Å². The maximum Gasteiger partial charge on any atom is 0.286 e. The summed E-state index contributed by atoms with van der Waals surface area (Å²) in [5.41, 5.74) is 2.22. The van der Waals surface area contributed by atoms with Crippen molar-refractivity contribution in [3.63, 3.8) is 0 Å². The predicted octanol–water partition coefficient (Wildman–Crippen LogP) is 4.51. The third kappa shape index (κ3) is 5.48. The average Bonchev–Trinajstić information content (AvgIpc) is 3.30. The second-order valence-corrected chi connectivity index (χ2v) is 7.34. The van der Waals surface area contributed by atoms with Gasteiger partial charge in [-0.25, -0.2) is 0 Å². The molecular formula is C21H24BrN3O3. The summed E-state index contributed by atoms with van der Waals surface area (Å²) in [5.74, 6) is 1.45. The van der Waals surface area contributed by atoms with Gasteiger partial charge >= 0.3 is 0 Å². The topological polar surface area (TPSA) is 69.3 Å². The molecule has 1 amide bonds. The lowest BCUT2D eigenvalue weighted by atomic mass is 10.2. The third-order valence-electron chi connectivity index (χ3n) is 4.33. The Balaban J connectivity index is 1.41. The van der Waals surface area contributed by atoms with E-state index in [2.05, 4.69) is 33.3 Å². The van der Waals surface area contributed by atoms with Crippen LogP contribution in [0.4, 0.5) is 0 Å². The van der Waals surface area contributed by atoms with Gasteiger partial charge in [0.05, 0.1) is 10.2 Å². The largest absolute Gasteiger partial charge is 0.486 e. The molecule has 0 radical (unpaired) electrons. The molecule has 0 aliphatic carbocycles. The van der Waals surface area contributed by atoms with Crippen molar-refractivity contribution in [1.29, 1.82) is 0 Å². The van der Waals surface area contributed by atoms with Gasteiger partial charge in [-0.3, -0.25) is 9.48 Å². The van der Waals surface area contributed by atoms with Crippen molar-refractivity contribution in [3.05, 3.63) is 69.8 Å². The van der Waals surface area contributed by atoms with E-state index in [0.717, 1.165) is 35.3 Å². The molecular weight excluding hydrogens is 422 g/mol. The molecule has 148 valence electrons. The van der Waals surface area contributed by atoms with Crippen LogP contribution in [0.1, 0.15) is 40.9 Å². The highest BCUT2D eigenvalue weighted by atomic mass is 79.9. The number of benzene rings is 1. The quantitative estimate of drug-likeness (QED) is 0.491. The number of hydrogen-bond donors (Lipinski definition) is 1. The maximum atomic E-state index is 12.2. The minimum Gasteiger partial charge on any atom is -0.486 e. The molecule has 0 aliphatic heterocycles. The summed E-state index contributed by atoms with van der Waals surface area (Å²) < 4.78 is 14.1. The van der Waals surface area contributed by atoms with Crippen molar-refractivity contribution in [3.8, 4) is 5.75 Å². The van der Waals surface area contributed by atoms with E-state index in [1.54, 1.807) is 12.1 Å². The van der Waals surface area contributed by atoms with Crippen LogP contribution in [-0.2, 0) is 19.6 Å². The van der Waals surface area contributed by atoms with Gasteiger partial charge < -0.3 is 14.5 Å². The SMILES string of the molecule is CCc1ccc(OCc2ccc(C(=O)NCCCn3cc(Br)c(C)n3)o2)cc1. The standard InChI is InChI=1S/C21H24BrN3O3/c1-3-16-5-7-17(8-6-16)27-14-18-9-10-20(28-18)21(26)23-11-4-12-25-13-19(22)15(2)24-25/h5-10,13H,3-4,11-12,14H2,1-2H3,(H,23,26). The molecule has 0 bridgehead atoms. The first-order valence-electron chi connectivity index (χ1n) is 9.33. The molecule has 1 aromatic carbocycles. The van der Waals surface area contributed by atoms with Crippen LogP contribution in [0.2, 0.25) is 0 Å². The molecule has 0 unspecified atom stereocenters. The normalized spacial score (nSPS) is 10.8. The Morgan fingerprint density at radius 2 is 2.04 bits per heavy atom. The van der Waals surface area contributed by atoms with Gasteiger partial charge in [-0.2, -0.15) is 5.10 Å². The molecule has 0 atom stereocenters. The highest BCUT2D eigenvalue weighted by Crippen LogP contribution is 2.16. The van der Waals surface area contributed by atoms with Crippen molar-refractivity contribution in [2.75, 3.05) is 6.54 Å². The van der Waals surface area contributed by atoms with Crippen LogP contribution in [0, 0.1) is 6.92 Å². The zero-order chi connectivity index (χ0) is 19.9. The number of carbonyl (C=O) groups excluding carboxylic acids is 1. The Bertz CT molecular complexity index is 896. The van der Waals surface area contributed by atoms with E-state index in [1.165, 1.54) is 5.56 Å². The van der Waals surface area contributed by atoms with E-state index in [-0.39, 0.29) is 18.3 Å². The first kappa shape index (κ1) is 20.2. The number of furan rings is 1. The summed E-state index contributed by atoms with van der Waals surface area (Å²) in [6.07, 6.45) is 3.71. The van der Waals surface area contributed by atoms with Crippen molar-refractivity contribution < 1.29 is 13.9 Å². The molecule has 0 fully saturated rings. The van der Waals surface area contributed by atoms with E-state index >= 15 is 0 Å². The fourth-order valence-electron chi connectivity index (χ4n) is 2.69. The van der Waals surface area contributed by atoms with E-state index in [9.17, 15) is 4.79 Å². The highest BCUT2D eigenvalue weighted by Gasteiger charge is 2.11. The van der Waals surface area contributed by atoms with E-state index in [1.807, 2.05) is 42.1 Å². The molecule has 3 aromatic rings. The summed E-state index contributed by atoms with van der Waals surface area (Å²) in [6.45, 7) is 5.63. The Hall–Kier alpha value is -2.54. The molecule has 0 aliphatic rings. The number of aromatic nitrogens is 2. The van der Waals surface area contributed by atoms with Gasteiger partial charge in [0.15, 0.2) is 5.76 Å². The van der Waals surface area contributed by atoms with Crippen molar-refractivity contribution >= 4 is 21.8 Å². The Kier molecular flexibility index (Phi) is 6.92. The number of amides is 1. The molecule has 0 saturated heterocycles. The molecule has 0 spiro atoms. The number of ether oxygens (including phenoxy) is 1. The molecule has 3 rings (SSSR count). The number of hydrogen-bond acceptors (Lipinski definition) is 4. The summed E-state index contributed by atoms with van der Waals surface area (Å²) in [7, 11) is 0. The van der Waals surface area contributed by atoms with E-state index < -0.39 is 0 Å². The van der Waals surface area contributed by atoms with Crippen LogP contribution in [0.15, 0.2) is 51.5 Å². The summed E-state index contributed by atoms with van der Waals surface area (Å²) >= 11 is 3.44. The molecule has 7 heteroatoms. The molecule has 1 N–H and O–H groups in total. The molecule has 2 aromatic heterocycles. The minimum atomic E-state index is -0.226. The minimum absolute atomic E-state index is 0.226. The summed E-state index contributed by atoms with van der Waals surface area (Å²) in [6, 6.07) is 11.4. The molecule has 0 saturated carbocycles. The number of halogens is 1. The Morgan fingerprint density at radius 1 is 1.25 bits per heavy atom. The smallest absolute Gasteiger partial charge is 0.286 e. The van der Waals surface area contributed by atoms with E-state index in [4.69, 9.17) is 9.15 Å². The lowest BCUT2D eigenvalue weighted by molar-refractivity contribution is 0.0921. The Morgan fingerprint density at radius 3 is 2.71 bits per heavy atom. The monoisotopic (exact) mass is 445 g/mol. The van der Waals surface area contributed by atoms with Crippen LogP contribution in [0.3, 0.4) is 0 Å². The second-order valence-electron chi connectivity index (χ2n) is 6.49. The average molecular weight is 446 g/mol. The lowest BCUT2D eigenvalue weighted by Crippen LogP contribution is -2.24. The predicted molar refractivity (Wildman–Crippen MR) is 110 cm³/mol. The van der Waals surface area contributed by atoms with Gasteiger partial charge in [-0.1, -0.05) is 19.1 Å². The number of rotatable bonds is 9. The first-order valence-corrected chi connectivity index (χ1v) is 10.1. The first-order chi connectivity index (χ1) is 13.5. The zero-order valence-corrected chi connectivity index (χ0v) is 17.7. The molecule has 28 heavy (non-hydrogen) atoms. The summed E-state index contributed by atoms with van der Waals surface area (Å²) in [4.78, 5) is 12.2. The van der Waals surface area contributed by atoms with Crippen molar-refractivity contribution in [1.82, 2.24) is 15.1 Å². The van der Waals surface area contributed by atoms with Crippen LogP contribution >= 0.6 is 15.9 Å². The van der Waals surface area contributed by atoms with Crippen LogP contribution < -0.4 is 10.1 Å². The van der Waals surface area contributed by atoms with Gasteiger partial charge in [0, 0.05) is 19.3 Å². The second kappa shape index (κ2) is 9.59. The molecule has 2 heterocycles. The van der Waals surface area contributed by atoms with Gasteiger partial charge in [0.25, 0.3) is 5.91 Å². The number of nitrogens with zero attached hydrogens (tertiary/aromatic N) is 2. The van der Waals surface area contributed by atoms with Crippen LogP contribution in [-0.4, -0.2) is 22.2 Å². The maximum absolute atomic E-state index is 12.2. The van der Waals surface area contributed by atoms with Crippen LogP contribution in [0.5, 0.6) is 5.75 Å². The highest BCUT2D eigenvalue weighted by molar-refractivity contribution is 9.10. The fraction of sp³-hybridized carbons (Fsp3) is 0.333. The van der Waals surface area contributed by atoms with Crippen molar-refractivity contribution in [2.24, 2.45) is 0 Å². The van der Waals surface area contributed by atoms with Gasteiger partial charge in [-0.15, -0.1) is 0 Å².